The molecule has 5 nitrogen and oxygen atoms in total. The number of nitrogens with one attached hydrogen (secondary N) is 1. The van der Waals surface area contributed by atoms with Crippen LogP contribution in [-0.2, 0) is 0 Å². The van der Waals surface area contributed by atoms with Gasteiger partial charge >= 0.3 is 0 Å². The minimum absolute atomic E-state index is 0.144. The first kappa shape index (κ1) is 12.4. The molecule has 21 heavy (non-hydrogen) atoms. The van der Waals surface area contributed by atoms with Gasteiger partial charge in [0.1, 0.15) is 11.3 Å². The van der Waals surface area contributed by atoms with E-state index >= 15 is 0 Å². The molecule has 2 aromatic heterocycles. The minimum Gasteiger partial charge on any atom is -0.448 e. The summed E-state index contributed by atoms with van der Waals surface area (Å²) in [5, 5.41) is 3.90. The molecule has 5 heteroatoms. The van der Waals surface area contributed by atoms with E-state index in [0.717, 1.165) is 25.0 Å². The van der Waals surface area contributed by atoms with Crippen LogP contribution in [0.1, 0.15) is 22.7 Å². The summed E-state index contributed by atoms with van der Waals surface area (Å²) in [7, 11) is 0. The lowest BCUT2D eigenvalue weighted by Gasteiger charge is -2.22. The van der Waals surface area contributed by atoms with Gasteiger partial charge in [0.15, 0.2) is 5.76 Å². The van der Waals surface area contributed by atoms with E-state index in [9.17, 15) is 4.79 Å². The van der Waals surface area contributed by atoms with Crippen molar-refractivity contribution in [2.45, 2.75) is 12.5 Å². The highest BCUT2D eigenvalue weighted by Gasteiger charge is 2.38. The Labute approximate surface area is 122 Å². The number of nitrogens with zero attached hydrogens (tertiary/aromatic N) is 2. The normalized spacial score (nSPS) is 26.9. The Bertz CT molecular complexity index is 758. The molecule has 2 aliphatic heterocycles. The smallest absolute Gasteiger partial charge is 0.270 e. The third-order valence-electron chi connectivity index (χ3n) is 4.43. The number of pyridine rings is 1. The molecule has 0 spiro atoms. The average Bonchev–Trinajstić information content (AvgIpc) is 3.20. The number of aromatic nitrogens is 1. The standard InChI is InChI=1S/C16H15N3O2/c1-2-12-5-11-7-17-13(6-15(11)21-12)16(20)18-14-9-19-4-3-10(14)8-19/h1,5-7,10,14H,3-4,8-9H2,(H,18,20)/t10-,14?/m0/s1. The number of carbonyl (C=O) groups excluding carboxylic acids is 1. The van der Waals surface area contributed by atoms with E-state index in [1.807, 2.05) is 0 Å². The second kappa shape index (κ2) is 4.61. The Morgan fingerprint density at radius 3 is 3.10 bits per heavy atom. The topological polar surface area (TPSA) is 58.4 Å². The summed E-state index contributed by atoms with van der Waals surface area (Å²) in [4.78, 5) is 18.9. The molecule has 2 unspecified atom stereocenters. The van der Waals surface area contributed by atoms with Crippen molar-refractivity contribution in [3.63, 3.8) is 0 Å². The van der Waals surface area contributed by atoms with Gasteiger partial charge in [-0.3, -0.25) is 9.78 Å². The Hall–Kier alpha value is -2.32. The number of furan rings is 1. The van der Waals surface area contributed by atoms with Gasteiger partial charge < -0.3 is 14.6 Å². The maximum absolute atomic E-state index is 12.3. The zero-order valence-electron chi connectivity index (χ0n) is 11.5. The Balaban J connectivity index is 1.55. The second-order valence-electron chi connectivity index (χ2n) is 5.75. The zero-order valence-corrected chi connectivity index (χ0v) is 11.5. The SMILES string of the molecule is C#Cc1cc2cnc(C(=O)NC3CN4CC[C@H]3C4)cc2o1. The Kier molecular flexibility index (Phi) is 2.72. The lowest BCUT2D eigenvalue weighted by atomic mass is 10.00. The van der Waals surface area contributed by atoms with Crippen LogP contribution in [0.15, 0.2) is 22.7 Å². The molecule has 4 heterocycles. The number of amides is 1. The molecule has 3 atom stereocenters. The van der Waals surface area contributed by atoms with Crippen LogP contribution in [0.4, 0.5) is 0 Å². The third kappa shape index (κ3) is 2.08. The van der Waals surface area contributed by atoms with Crippen molar-refractivity contribution >= 4 is 16.9 Å². The number of rotatable bonds is 2. The molecule has 1 amide bonds. The van der Waals surface area contributed by atoms with Crippen molar-refractivity contribution in [3.05, 3.63) is 29.8 Å². The maximum Gasteiger partial charge on any atom is 0.270 e. The van der Waals surface area contributed by atoms with Crippen LogP contribution in [0.5, 0.6) is 0 Å². The first-order valence-electron chi connectivity index (χ1n) is 7.12. The lowest BCUT2D eigenvalue weighted by Crippen LogP contribution is -2.43. The van der Waals surface area contributed by atoms with Crippen molar-refractivity contribution in [3.8, 4) is 12.3 Å². The summed E-state index contributed by atoms with van der Waals surface area (Å²) >= 11 is 0. The van der Waals surface area contributed by atoms with Gasteiger partial charge in [-0.25, -0.2) is 0 Å². The fourth-order valence-corrected chi connectivity index (χ4v) is 3.32. The molecule has 0 saturated carbocycles. The van der Waals surface area contributed by atoms with Gasteiger partial charge in [-0.2, -0.15) is 0 Å². The monoisotopic (exact) mass is 281 g/mol. The molecule has 4 rings (SSSR count). The third-order valence-corrected chi connectivity index (χ3v) is 4.43. The van der Waals surface area contributed by atoms with Gasteiger partial charge in [0.2, 0.25) is 0 Å². The van der Waals surface area contributed by atoms with Gasteiger partial charge in [0.05, 0.1) is 0 Å². The summed E-state index contributed by atoms with van der Waals surface area (Å²) in [5.41, 5.74) is 0.970. The Morgan fingerprint density at radius 2 is 2.38 bits per heavy atom. The van der Waals surface area contributed by atoms with Crippen LogP contribution >= 0.6 is 0 Å². The highest BCUT2D eigenvalue weighted by Crippen LogP contribution is 2.28. The summed E-state index contributed by atoms with van der Waals surface area (Å²) in [6.07, 6.45) is 8.10. The van der Waals surface area contributed by atoms with Gasteiger partial charge in [-0.1, -0.05) is 0 Å². The number of terminal acetylenes is 1. The highest BCUT2D eigenvalue weighted by atomic mass is 16.3. The summed E-state index contributed by atoms with van der Waals surface area (Å²) in [5.74, 6) is 3.32. The summed E-state index contributed by atoms with van der Waals surface area (Å²) in [6, 6.07) is 3.63. The van der Waals surface area contributed by atoms with E-state index in [-0.39, 0.29) is 11.9 Å². The molecule has 2 fully saturated rings. The summed E-state index contributed by atoms with van der Waals surface area (Å²) in [6.45, 7) is 3.20. The quantitative estimate of drug-likeness (QED) is 0.842. The molecule has 0 radical (unpaired) electrons. The molecule has 1 N–H and O–H groups in total. The van der Waals surface area contributed by atoms with Crippen molar-refractivity contribution in [1.29, 1.82) is 0 Å². The van der Waals surface area contributed by atoms with Gasteiger partial charge in [-0.15, -0.1) is 6.42 Å². The van der Waals surface area contributed by atoms with E-state index in [4.69, 9.17) is 10.8 Å². The minimum atomic E-state index is -0.144. The lowest BCUT2D eigenvalue weighted by molar-refractivity contribution is 0.0919. The molecule has 2 aromatic rings. The zero-order chi connectivity index (χ0) is 14.4. The van der Waals surface area contributed by atoms with Crippen LogP contribution in [0.25, 0.3) is 11.0 Å². The van der Waals surface area contributed by atoms with Crippen molar-refractivity contribution < 1.29 is 9.21 Å². The maximum atomic E-state index is 12.3. The fourth-order valence-electron chi connectivity index (χ4n) is 3.32. The van der Waals surface area contributed by atoms with E-state index in [0.29, 0.717) is 23.0 Å². The molecular weight excluding hydrogens is 266 g/mol. The van der Waals surface area contributed by atoms with Crippen LogP contribution in [0.2, 0.25) is 0 Å². The van der Waals surface area contributed by atoms with Crippen molar-refractivity contribution in [1.82, 2.24) is 15.2 Å². The first-order valence-corrected chi connectivity index (χ1v) is 7.12. The van der Waals surface area contributed by atoms with Crippen LogP contribution in [-0.4, -0.2) is 41.5 Å². The first-order chi connectivity index (χ1) is 10.2. The number of fused-ring (bicyclic) bond motifs is 3. The second-order valence-corrected chi connectivity index (χ2v) is 5.75. The van der Waals surface area contributed by atoms with Gasteiger partial charge in [0.25, 0.3) is 5.91 Å². The van der Waals surface area contributed by atoms with Crippen molar-refractivity contribution in [2.75, 3.05) is 19.6 Å². The van der Waals surface area contributed by atoms with Gasteiger partial charge in [-0.05, 0) is 24.8 Å². The largest absolute Gasteiger partial charge is 0.448 e. The van der Waals surface area contributed by atoms with E-state index in [1.54, 1.807) is 18.3 Å². The number of hydrogen-bond acceptors (Lipinski definition) is 4. The van der Waals surface area contributed by atoms with Crippen LogP contribution in [0.3, 0.4) is 0 Å². The molecule has 106 valence electrons. The predicted molar refractivity (Wildman–Crippen MR) is 77.7 cm³/mol. The number of carbonyl (C=O) groups is 1. The highest BCUT2D eigenvalue weighted by molar-refractivity contribution is 5.95. The summed E-state index contributed by atoms with van der Waals surface area (Å²) < 4.78 is 5.46. The molecular formula is C16H15N3O2. The molecule has 2 aliphatic rings. The van der Waals surface area contributed by atoms with E-state index in [2.05, 4.69) is 21.1 Å². The van der Waals surface area contributed by atoms with Gasteiger partial charge in [0, 0.05) is 42.8 Å². The van der Waals surface area contributed by atoms with E-state index < -0.39 is 0 Å². The molecule has 2 bridgehead atoms. The molecule has 0 aromatic carbocycles. The number of hydrogen-bond donors (Lipinski definition) is 1. The van der Waals surface area contributed by atoms with Crippen LogP contribution < -0.4 is 5.32 Å². The predicted octanol–water partition coefficient (Wildman–Crippen LogP) is 1.24. The van der Waals surface area contributed by atoms with Crippen molar-refractivity contribution in [2.24, 2.45) is 5.92 Å². The Morgan fingerprint density at radius 1 is 1.48 bits per heavy atom. The average molecular weight is 281 g/mol. The number of piperidine rings is 1. The van der Waals surface area contributed by atoms with Crippen LogP contribution in [0, 0.1) is 18.3 Å². The molecule has 0 aliphatic carbocycles. The molecule has 2 saturated heterocycles. The fraction of sp³-hybridized carbons (Fsp3) is 0.375. The van der Waals surface area contributed by atoms with E-state index in [1.165, 1.54) is 6.42 Å².